The maximum absolute atomic E-state index is 2.48. The zero-order valence-corrected chi connectivity index (χ0v) is 33.9. The van der Waals surface area contributed by atoms with Gasteiger partial charge in [0.25, 0.3) is 0 Å². The number of hydrogen-bond acceptors (Lipinski definition) is 1. The summed E-state index contributed by atoms with van der Waals surface area (Å²) in [7, 11) is 0. The third kappa shape index (κ3) is 5.62. The third-order valence-corrected chi connectivity index (χ3v) is 12.7. The molecular formula is C57H44N2. The van der Waals surface area contributed by atoms with Gasteiger partial charge in [0, 0.05) is 38.6 Å². The van der Waals surface area contributed by atoms with Crippen LogP contribution in [-0.4, -0.2) is 4.57 Å². The average molecular weight is 757 g/mol. The minimum Gasteiger partial charge on any atom is -0.310 e. The molecule has 2 heteroatoms. The van der Waals surface area contributed by atoms with Crippen LogP contribution in [0.2, 0.25) is 0 Å². The summed E-state index contributed by atoms with van der Waals surface area (Å²) in [6.45, 7) is 9.17. The summed E-state index contributed by atoms with van der Waals surface area (Å²) < 4.78 is 2.47. The van der Waals surface area contributed by atoms with Gasteiger partial charge in [-0.3, -0.25) is 0 Å². The van der Waals surface area contributed by atoms with Gasteiger partial charge >= 0.3 is 0 Å². The van der Waals surface area contributed by atoms with Crippen molar-refractivity contribution >= 4 is 49.6 Å². The van der Waals surface area contributed by atoms with Gasteiger partial charge in [-0.25, -0.2) is 0 Å². The fraction of sp³-hybridized carbons (Fsp3) is 0.0877. The predicted octanol–water partition coefficient (Wildman–Crippen LogP) is 15.7. The molecule has 0 bridgehead atoms. The topological polar surface area (TPSA) is 8.17 Å². The number of aromatic nitrogens is 1. The maximum Gasteiger partial charge on any atom is 0.0543 e. The Morgan fingerprint density at radius 1 is 0.407 bits per heavy atom. The Morgan fingerprint density at radius 3 is 1.64 bits per heavy atom. The van der Waals surface area contributed by atoms with Crippen molar-refractivity contribution in [3.63, 3.8) is 0 Å². The van der Waals surface area contributed by atoms with Crippen molar-refractivity contribution in [2.45, 2.75) is 33.1 Å². The van der Waals surface area contributed by atoms with Gasteiger partial charge < -0.3 is 9.47 Å². The molecule has 2 nitrogen and oxygen atoms in total. The van der Waals surface area contributed by atoms with E-state index in [1.165, 1.54) is 99.6 Å². The predicted molar refractivity (Wildman–Crippen MR) is 251 cm³/mol. The Morgan fingerprint density at radius 2 is 0.949 bits per heavy atom. The quantitative estimate of drug-likeness (QED) is 0.164. The van der Waals surface area contributed by atoms with Crippen molar-refractivity contribution in [3.8, 4) is 39.1 Å². The van der Waals surface area contributed by atoms with E-state index >= 15 is 0 Å². The van der Waals surface area contributed by atoms with E-state index < -0.39 is 0 Å². The summed E-state index contributed by atoms with van der Waals surface area (Å²) in [5.74, 6) is 0. The summed E-state index contributed by atoms with van der Waals surface area (Å²) >= 11 is 0. The fourth-order valence-electron chi connectivity index (χ4n) is 9.66. The molecule has 0 amide bonds. The molecule has 0 radical (unpaired) electrons. The summed E-state index contributed by atoms with van der Waals surface area (Å²) in [5, 5.41) is 5.07. The van der Waals surface area contributed by atoms with Crippen molar-refractivity contribution in [1.82, 2.24) is 4.57 Å². The number of fused-ring (bicyclic) bond motifs is 8. The summed E-state index contributed by atoms with van der Waals surface area (Å²) in [6.07, 6.45) is 0. The Bertz CT molecular complexity index is 3220. The van der Waals surface area contributed by atoms with E-state index in [1.807, 2.05) is 0 Å². The van der Waals surface area contributed by atoms with Gasteiger partial charge in [0.05, 0.1) is 16.7 Å². The largest absolute Gasteiger partial charge is 0.310 e. The number of aryl methyl sites for hydroxylation is 2. The summed E-state index contributed by atoms with van der Waals surface area (Å²) in [5.41, 5.74) is 19.6. The van der Waals surface area contributed by atoms with Gasteiger partial charge in [0.1, 0.15) is 0 Å². The van der Waals surface area contributed by atoms with Gasteiger partial charge in [-0.05, 0) is 130 Å². The fourth-order valence-corrected chi connectivity index (χ4v) is 9.66. The van der Waals surface area contributed by atoms with Crippen LogP contribution in [-0.2, 0) is 5.41 Å². The Labute approximate surface area is 346 Å². The number of rotatable bonds is 6. The molecule has 0 spiro atoms. The van der Waals surface area contributed by atoms with Gasteiger partial charge in [-0.1, -0.05) is 152 Å². The number of hydrogen-bond donors (Lipinski definition) is 0. The molecule has 1 aromatic heterocycles. The molecule has 0 saturated carbocycles. The number of anilines is 3. The van der Waals surface area contributed by atoms with Crippen LogP contribution in [0.4, 0.5) is 17.1 Å². The molecule has 0 aliphatic heterocycles. The second-order valence-electron chi connectivity index (χ2n) is 16.8. The van der Waals surface area contributed by atoms with Gasteiger partial charge in [0.15, 0.2) is 0 Å². The van der Waals surface area contributed by atoms with Crippen LogP contribution in [0, 0.1) is 13.8 Å². The van der Waals surface area contributed by atoms with E-state index in [2.05, 4.69) is 231 Å². The smallest absolute Gasteiger partial charge is 0.0543 e. The first-order valence-electron chi connectivity index (χ1n) is 20.7. The normalized spacial score (nSPS) is 12.9. The second-order valence-corrected chi connectivity index (χ2v) is 16.8. The highest BCUT2D eigenvalue weighted by Gasteiger charge is 2.38. The highest BCUT2D eigenvalue weighted by molar-refractivity contribution is 6.12. The van der Waals surface area contributed by atoms with Crippen LogP contribution < -0.4 is 4.90 Å². The molecule has 1 aliphatic carbocycles. The molecule has 282 valence electrons. The first-order valence-corrected chi connectivity index (χ1v) is 20.7. The molecule has 0 fully saturated rings. The van der Waals surface area contributed by atoms with Crippen LogP contribution in [0.25, 0.3) is 71.6 Å². The van der Waals surface area contributed by atoms with Crippen molar-refractivity contribution in [1.29, 1.82) is 0 Å². The van der Waals surface area contributed by atoms with E-state index in [4.69, 9.17) is 0 Å². The molecule has 0 N–H and O–H groups in total. The van der Waals surface area contributed by atoms with Gasteiger partial charge in [-0.15, -0.1) is 0 Å². The van der Waals surface area contributed by atoms with Gasteiger partial charge in [0.2, 0.25) is 0 Å². The number of benzene rings is 9. The molecule has 0 atom stereocenters. The standard InChI is InChI=1S/C57H44N2/c1-37-19-25-43(26-20-37)58(44-27-22-41(23-28-44)39-13-7-5-8-14-39)55-36-52-56(47-18-12-11-17-46(47)55)48-30-29-45(35-51(48)57(52,3)4)59-53-31-21-38(2)33-49(53)50-34-42(24-32-54(50)59)40-15-9-6-10-16-40/h5-36H,1-4H3. The molecule has 1 aliphatic rings. The van der Waals surface area contributed by atoms with E-state index in [-0.39, 0.29) is 5.41 Å². The first-order chi connectivity index (χ1) is 28.8. The monoisotopic (exact) mass is 756 g/mol. The molecule has 59 heavy (non-hydrogen) atoms. The molecule has 0 saturated heterocycles. The van der Waals surface area contributed by atoms with Crippen molar-refractivity contribution < 1.29 is 0 Å². The van der Waals surface area contributed by atoms with Crippen LogP contribution in [0.1, 0.15) is 36.1 Å². The lowest BCUT2D eigenvalue weighted by Gasteiger charge is -2.30. The van der Waals surface area contributed by atoms with Crippen molar-refractivity contribution in [2.75, 3.05) is 4.90 Å². The van der Waals surface area contributed by atoms with Crippen molar-refractivity contribution in [3.05, 3.63) is 216 Å². The lowest BCUT2D eigenvalue weighted by Crippen LogP contribution is -2.17. The third-order valence-electron chi connectivity index (χ3n) is 12.7. The molecule has 9 aromatic carbocycles. The minimum atomic E-state index is -0.259. The highest BCUT2D eigenvalue weighted by Crippen LogP contribution is 2.55. The lowest BCUT2D eigenvalue weighted by molar-refractivity contribution is 0.660. The van der Waals surface area contributed by atoms with Crippen molar-refractivity contribution in [2.24, 2.45) is 0 Å². The van der Waals surface area contributed by atoms with Crippen LogP contribution in [0.5, 0.6) is 0 Å². The second kappa shape index (κ2) is 13.5. The van der Waals surface area contributed by atoms with E-state index in [0.717, 1.165) is 11.4 Å². The van der Waals surface area contributed by atoms with E-state index in [0.29, 0.717) is 0 Å². The first kappa shape index (κ1) is 35.0. The minimum absolute atomic E-state index is 0.259. The zero-order valence-electron chi connectivity index (χ0n) is 33.9. The molecule has 11 rings (SSSR count). The average Bonchev–Trinajstić information content (AvgIpc) is 3.72. The summed E-state index contributed by atoms with van der Waals surface area (Å²) in [6, 6.07) is 71.8. The Hall–Kier alpha value is -7.16. The Kier molecular flexibility index (Phi) is 8.00. The molecular weight excluding hydrogens is 713 g/mol. The van der Waals surface area contributed by atoms with Gasteiger partial charge in [-0.2, -0.15) is 0 Å². The highest BCUT2D eigenvalue weighted by atomic mass is 15.1. The van der Waals surface area contributed by atoms with Crippen LogP contribution in [0.15, 0.2) is 194 Å². The Balaban J connectivity index is 1.09. The lowest BCUT2D eigenvalue weighted by atomic mass is 9.81. The zero-order chi connectivity index (χ0) is 39.8. The summed E-state index contributed by atoms with van der Waals surface area (Å²) in [4.78, 5) is 2.45. The SMILES string of the molecule is Cc1ccc(N(c2ccc(-c3ccccc3)cc2)c2cc3c(c4ccccc24)-c2ccc(-n4c5ccc(C)cc5c5cc(-c6ccccc6)ccc54)cc2C3(C)C)cc1. The van der Waals surface area contributed by atoms with Crippen LogP contribution >= 0.6 is 0 Å². The van der Waals surface area contributed by atoms with Crippen LogP contribution in [0.3, 0.4) is 0 Å². The number of nitrogens with zero attached hydrogens (tertiary/aromatic N) is 2. The molecule has 1 heterocycles. The van der Waals surface area contributed by atoms with E-state index in [9.17, 15) is 0 Å². The molecule has 10 aromatic rings. The molecule has 0 unspecified atom stereocenters. The van der Waals surface area contributed by atoms with E-state index in [1.54, 1.807) is 0 Å². The maximum atomic E-state index is 2.48.